The third-order valence-electron chi connectivity index (χ3n) is 3.32. The van der Waals surface area contributed by atoms with Gasteiger partial charge in [0.2, 0.25) is 0 Å². The number of rotatable bonds is 7. The summed E-state index contributed by atoms with van der Waals surface area (Å²) < 4.78 is 8.47. The number of aliphatic hydroxyl groups is 1. The number of aliphatic hydroxyl groups excluding tert-OH is 1. The molecular weight excluding hydrogens is 258 g/mol. The first kappa shape index (κ1) is 14.8. The molecule has 0 fully saturated rings. The molecule has 1 aromatic heterocycles. The molecule has 0 aliphatic rings. The van der Waals surface area contributed by atoms with Crippen molar-refractivity contribution in [2.24, 2.45) is 14.1 Å². The molecule has 2 N–H and O–H groups in total. The highest BCUT2D eigenvalue weighted by molar-refractivity contribution is 5.76. The van der Waals surface area contributed by atoms with E-state index in [4.69, 9.17) is 9.84 Å². The molecule has 0 bridgehead atoms. The molecule has 20 heavy (non-hydrogen) atoms. The Kier molecular flexibility index (Phi) is 4.94. The van der Waals surface area contributed by atoms with Crippen molar-refractivity contribution in [1.82, 2.24) is 14.5 Å². The van der Waals surface area contributed by atoms with Gasteiger partial charge in [-0.1, -0.05) is 6.07 Å². The Balaban J connectivity index is 1.98. The van der Waals surface area contributed by atoms with Crippen LogP contribution in [0.3, 0.4) is 0 Å². The summed E-state index contributed by atoms with van der Waals surface area (Å²) in [5, 5.41) is 11.8. The molecule has 110 valence electrons. The van der Waals surface area contributed by atoms with E-state index in [1.165, 1.54) is 0 Å². The van der Waals surface area contributed by atoms with Crippen LogP contribution in [-0.4, -0.2) is 40.6 Å². The first-order valence-electron chi connectivity index (χ1n) is 6.69. The second-order valence-electron chi connectivity index (χ2n) is 4.74. The van der Waals surface area contributed by atoms with Crippen LogP contribution in [0.1, 0.15) is 5.56 Å². The van der Waals surface area contributed by atoms with Crippen LogP contribution >= 0.6 is 0 Å². The van der Waals surface area contributed by atoms with Gasteiger partial charge >= 0.3 is 5.69 Å². The van der Waals surface area contributed by atoms with Crippen molar-refractivity contribution in [1.29, 1.82) is 0 Å². The van der Waals surface area contributed by atoms with Gasteiger partial charge in [0.15, 0.2) is 0 Å². The summed E-state index contributed by atoms with van der Waals surface area (Å²) >= 11 is 0. The van der Waals surface area contributed by atoms with Crippen molar-refractivity contribution in [2.45, 2.75) is 6.54 Å². The quantitative estimate of drug-likeness (QED) is 0.699. The molecule has 0 unspecified atom stereocenters. The molecule has 6 nitrogen and oxygen atoms in total. The summed E-state index contributed by atoms with van der Waals surface area (Å²) in [6.07, 6.45) is 0. The molecule has 1 aromatic carbocycles. The van der Waals surface area contributed by atoms with Gasteiger partial charge in [-0.2, -0.15) is 0 Å². The van der Waals surface area contributed by atoms with E-state index >= 15 is 0 Å². The van der Waals surface area contributed by atoms with Gasteiger partial charge in [-0.05, 0) is 17.7 Å². The summed E-state index contributed by atoms with van der Waals surface area (Å²) in [6, 6.07) is 6.01. The van der Waals surface area contributed by atoms with Crippen LogP contribution in [0.4, 0.5) is 0 Å². The fourth-order valence-electron chi connectivity index (χ4n) is 2.21. The number of hydrogen-bond donors (Lipinski definition) is 2. The average Bonchev–Trinajstić information content (AvgIpc) is 2.67. The van der Waals surface area contributed by atoms with E-state index in [0.717, 1.165) is 29.7 Å². The maximum absolute atomic E-state index is 11.8. The monoisotopic (exact) mass is 279 g/mol. The van der Waals surface area contributed by atoms with Crippen LogP contribution < -0.4 is 11.0 Å². The number of benzene rings is 1. The fourth-order valence-corrected chi connectivity index (χ4v) is 2.21. The Morgan fingerprint density at radius 1 is 1.20 bits per heavy atom. The van der Waals surface area contributed by atoms with Crippen molar-refractivity contribution < 1.29 is 9.84 Å². The van der Waals surface area contributed by atoms with E-state index in [1.54, 1.807) is 23.2 Å². The number of nitrogens with one attached hydrogen (secondary N) is 1. The summed E-state index contributed by atoms with van der Waals surface area (Å²) in [5.41, 5.74) is 2.99. The number of aryl methyl sites for hydroxylation is 2. The molecule has 2 aromatic rings. The van der Waals surface area contributed by atoms with E-state index in [1.807, 2.05) is 18.2 Å². The lowest BCUT2D eigenvalue weighted by molar-refractivity contribution is 0.0938. The Morgan fingerprint density at radius 3 is 2.70 bits per heavy atom. The minimum atomic E-state index is -0.0116. The minimum Gasteiger partial charge on any atom is -0.394 e. The van der Waals surface area contributed by atoms with Gasteiger partial charge in [0.05, 0.1) is 30.9 Å². The predicted molar refractivity (Wildman–Crippen MR) is 77.8 cm³/mol. The molecule has 0 spiro atoms. The van der Waals surface area contributed by atoms with E-state index < -0.39 is 0 Å². The molecular formula is C14H21N3O3. The highest BCUT2D eigenvalue weighted by atomic mass is 16.5. The number of fused-ring (bicyclic) bond motifs is 1. The summed E-state index contributed by atoms with van der Waals surface area (Å²) in [4.78, 5) is 11.8. The van der Waals surface area contributed by atoms with Crippen LogP contribution in [-0.2, 0) is 25.4 Å². The molecule has 6 heteroatoms. The largest absolute Gasteiger partial charge is 0.394 e. The van der Waals surface area contributed by atoms with Gasteiger partial charge in [0.1, 0.15) is 0 Å². The van der Waals surface area contributed by atoms with E-state index in [0.29, 0.717) is 13.2 Å². The molecule has 0 atom stereocenters. The smallest absolute Gasteiger partial charge is 0.328 e. The Bertz CT molecular complexity index is 630. The Morgan fingerprint density at radius 2 is 1.95 bits per heavy atom. The molecule has 2 rings (SSSR count). The molecule has 1 heterocycles. The van der Waals surface area contributed by atoms with E-state index in [9.17, 15) is 4.79 Å². The number of ether oxygens (including phenoxy) is 1. The highest BCUT2D eigenvalue weighted by Crippen LogP contribution is 2.13. The molecule has 0 saturated heterocycles. The molecule has 0 aliphatic carbocycles. The third-order valence-corrected chi connectivity index (χ3v) is 3.32. The van der Waals surface area contributed by atoms with Gasteiger partial charge in [0.25, 0.3) is 0 Å². The van der Waals surface area contributed by atoms with Crippen molar-refractivity contribution in [3.8, 4) is 0 Å². The summed E-state index contributed by atoms with van der Waals surface area (Å²) in [7, 11) is 3.56. The minimum absolute atomic E-state index is 0.0116. The van der Waals surface area contributed by atoms with Crippen molar-refractivity contribution in [3.05, 3.63) is 34.2 Å². The number of nitrogens with zero attached hydrogens (tertiary/aromatic N) is 2. The predicted octanol–water partition coefficient (Wildman–Crippen LogP) is -0.0245. The van der Waals surface area contributed by atoms with Crippen molar-refractivity contribution in [2.75, 3.05) is 26.4 Å². The zero-order valence-corrected chi connectivity index (χ0v) is 11.9. The average molecular weight is 279 g/mol. The standard InChI is InChI=1S/C14H21N3O3/c1-16-12-4-3-11(9-13(12)17(2)14(16)19)10-15-5-7-20-8-6-18/h3-4,9,15,18H,5-8,10H2,1-2H3. The van der Waals surface area contributed by atoms with E-state index in [-0.39, 0.29) is 12.3 Å². The topological polar surface area (TPSA) is 68.4 Å². The first-order valence-corrected chi connectivity index (χ1v) is 6.69. The number of aromatic nitrogens is 2. The normalized spacial score (nSPS) is 11.3. The molecule has 0 aliphatic heterocycles. The second kappa shape index (κ2) is 6.69. The van der Waals surface area contributed by atoms with Crippen LogP contribution in [0.15, 0.2) is 23.0 Å². The molecule has 0 amide bonds. The van der Waals surface area contributed by atoms with Gasteiger partial charge in [0, 0.05) is 27.2 Å². The third kappa shape index (κ3) is 3.09. The van der Waals surface area contributed by atoms with Crippen LogP contribution in [0.25, 0.3) is 11.0 Å². The first-order chi connectivity index (χ1) is 9.65. The Hall–Kier alpha value is -1.63. The number of hydrogen-bond acceptors (Lipinski definition) is 4. The van der Waals surface area contributed by atoms with Crippen molar-refractivity contribution >= 4 is 11.0 Å². The summed E-state index contributed by atoms with van der Waals surface area (Å²) in [6.45, 7) is 2.46. The lowest BCUT2D eigenvalue weighted by Crippen LogP contribution is -2.20. The Labute approximate surface area is 117 Å². The fraction of sp³-hybridized carbons (Fsp3) is 0.500. The van der Waals surface area contributed by atoms with Gasteiger partial charge in [-0.3, -0.25) is 9.13 Å². The number of imidazole rings is 1. The van der Waals surface area contributed by atoms with Gasteiger partial charge < -0.3 is 15.2 Å². The van der Waals surface area contributed by atoms with Crippen molar-refractivity contribution in [3.63, 3.8) is 0 Å². The maximum atomic E-state index is 11.8. The summed E-state index contributed by atoms with van der Waals surface area (Å²) in [5.74, 6) is 0. The SMILES string of the molecule is Cn1c(=O)n(C)c2cc(CNCCOCCO)ccc21. The van der Waals surface area contributed by atoms with Gasteiger partial charge in [-0.25, -0.2) is 4.79 Å². The second-order valence-corrected chi connectivity index (χ2v) is 4.74. The molecule has 0 saturated carbocycles. The van der Waals surface area contributed by atoms with E-state index in [2.05, 4.69) is 5.32 Å². The lowest BCUT2D eigenvalue weighted by Gasteiger charge is -2.06. The lowest BCUT2D eigenvalue weighted by atomic mass is 10.2. The highest BCUT2D eigenvalue weighted by Gasteiger charge is 2.07. The molecule has 0 radical (unpaired) electrons. The van der Waals surface area contributed by atoms with Crippen LogP contribution in [0, 0.1) is 0 Å². The van der Waals surface area contributed by atoms with Crippen LogP contribution in [0.2, 0.25) is 0 Å². The zero-order valence-electron chi connectivity index (χ0n) is 11.9. The van der Waals surface area contributed by atoms with Gasteiger partial charge in [-0.15, -0.1) is 0 Å². The maximum Gasteiger partial charge on any atom is 0.328 e. The zero-order chi connectivity index (χ0) is 14.5. The van der Waals surface area contributed by atoms with Crippen LogP contribution in [0.5, 0.6) is 0 Å².